The number of carbonyl (C=O) groups excluding carboxylic acids is 2. The van der Waals surface area contributed by atoms with Crippen LogP contribution >= 0.6 is 11.3 Å². The summed E-state index contributed by atoms with van der Waals surface area (Å²) >= 11 is 1.41. The Morgan fingerprint density at radius 3 is 2.87 bits per heavy atom. The van der Waals surface area contributed by atoms with E-state index in [1.165, 1.54) is 11.3 Å². The number of carbonyl (C=O) groups is 2. The monoisotopic (exact) mass is 419 g/mol. The average molecular weight is 420 g/mol. The Labute approximate surface area is 178 Å². The van der Waals surface area contributed by atoms with E-state index in [0.29, 0.717) is 30.3 Å². The van der Waals surface area contributed by atoms with Gasteiger partial charge in [0.25, 0.3) is 5.91 Å². The third kappa shape index (κ3) is 4.41. The van der Waals surface area contributed by atoms with Crippen molar-refractivity contribution in [3.05, 3.63) is 72.1 Å². The number of anilines is 2. The lowest BCUT2D eigenvalue weighted by Crippen LogP contribution is -2.35. The van der Waals surface area contributed by atoms with Crippen molar-refractivity contribution >= 4 is 34.0 Å². The highest BCUT2D eigenvalue weighted by molar-refractivity contribution is 7.14. The van der Waals surface area contributed by atoms with E-state index in [0.717, 1.165) is 22.5 Å². The molecule has 6 nitrogen and oxygen atoms in total. The lowest BCUT2D eigenvalue weighted by molar-refractivity contribution is -0.120. The van der Waals surface area contributed by atoms with Crippen molar-refractivity contribution in [2.75, 3.05) is 23.4 Å². The van der Waals surface area contributed by atoms with Gasteiger partial charge in [0.05, 0.1) is 5.69 Å². The highest BCUT2D eigenvalue weighted by atomic mass is 32.1. The van der Waals surface area contributed by atoms with E-state index in [4.69, 9.17) is 4.74 Å². The Morgan fingerprint density at radius 1 is 1.23 bits per heavy atom. The minimum atomic E-state index is -0.199. The molecule has 0 unspecified atom stereocenters. The van der Waals surface area contributed by atoms with Gasteiger partial charge in [-0.1, -0.05) is 36.4 Å². The molecule has 4 rings (SSSR count). The van der Waals surface area contributed by atoms with Gasteiger partial charge in [-0.2, -0.15) is 0 Å². The summed E-state index contributed by atoms with van der Waals surface area (Å²) in [5, 5.41) is 5.38. The van der Waals surface area contributed by atoms with Crippen LogP contribution in [0.1, 0.15) is 12.0 Å². The molecule has 0 atom stereocenters. The lowest BCUT2D eigenvalue weighted by Gasteiger charge is -2.20. The second-order valence-electron chi connectivity index (χ2n) is 6.83. The molecule has 2 aromatic carbocycles. The number of nitrogens with one attached hydrogen (secondary N) is 1. The summed E-state index contributed by atoms with van der Waals surface area (Å²) in [7, 11) is 0. The summed E-state index contributed by atoms with van der Waals surface area (Å²) in [6, 6.07) is 15.3. The first-order chi connectivity index (χ1) is 14.6. The molecule has 0 fully saturated rings. The van der Waals surface area contributed by atoms with Gasteiger partial charge in [0.15, 0.2) is 11.7 Å². The summed E-state index contributed by atoms with van der Waals surface area (Å²) in [4.78, 5) is 30.5. The maximum Gasteiger partial charge on any atom is 0.266 e. The Morgan fingerprint density at radius 2 is 2.07 bits per heavy atom. The zero-order chi connectivity index (χ0) is 20.9. The quantitative estimate of drug-likeness (QED) is 0.580. The first-order valence-corrected chi connectivity index (χ1v) is 10.5. The number of rotatable bonds is 7. The van der Waals surface area contributed by atoms with E-state index < -0.39 is 0 Å². The molecule has 0 spiro atoms. The summed E-state index contributed by atoms with van der Waals surface area (Å²) in [6.45, 7) is 3.99. The van der Waals surface area contributed by atoms with Crippen molar-refractivity contribution in [1.29, 1.82) is 0 Å². The molecular formula is C23H21N3O3S. The average Bonchev–Trinajstić information content (AvgIpc) is 3.26. The van der Waals surface area contributed by atoms with Gasteiger partial charge in [-0.3, -0.25) is 14.5 Å². The van der Waals surface area contributed by atoms with E-state index in [-0.39, 0.29) is 18.4 Å². The topological polar surface area (TPSA) is 71.5 Å². The van der Waals surface area contributed by atoms with Crippen LogP contribution in [0.5, 0.6) is 5.75 Å². The van der Waals surface area contributed by atoms with E-state index in [1.807, 2.05) is 41.8 Å². The fourth-order valence-corrected chi connectivity index (χ4v) is 4.08. The number of benzene rings is 2. The zero-order valence-corrected chi connectivity index (χ0v) is 17.2. The van der Waals surface area contributed by atoms with Gasteiger partial charge in [0.2, 0.25) is 5.91 Å². The number of thiazole rings is 1. The van der Waals surface area contributed by atoms with Crippen LogP contribution in [0, 0.1) is 0 Å². The Hall–Kier alpha value is -3.45. The molecule has 30 heavy (non-hydrogen) atoms. The van der Waals surface area contributed by atoms with Gasteiger partial charge in [0.1, 0.15) is 5.75 Å². The fourth-order valence-electron chi connectivity index (χ4n) is 3.22. The number of nitrogens with zero attached hydrogens (tertiary/aromatic N) is 2. The SMILES string of the molecule is C=CCN(C(=O)COc1ccc2c(c1)CCC(=O)N2)c1nc(-c2ccccc2)cs1. The predicted molar refractivity (Wildman–Crippen MR) is 119 cm³/mol. The third-order valence-corrected chi connectivity index (χ3v) is 5.60. The third-order valence-electron chi connectivity index (χ3n) is 4.74. The molecule has 1 aromatic heterocycles. The van der Waals surface area contributed by atoms with Crippen LogP contribution in [0.3, 0.4) is 0 Å². The number of hydrogen-bond acceptors (Lipinski definition) is 5. The Kier molecular flexibility index (Phi) is 5.90. The number of ether oxygens (including phenoxy) is 1. The van der Waals surface area contributed by atoms with Gasteiger partial charge in [0, 0.05) is 29.6 Å². The molecule has 0 radical (unpaired) electrons. The normalized spacial score (nSPS) is 12.6. The molecule has 0 saturated heterocycles. The van der Waals surface area contributed by atoms with Crippen LogP contribution in [0.2, 0.25) is 0 Å². The van der Waals surface area contributed by atoms with Gasteiger partial charge < -0.3 is 10.1 Å². The zero-order valence-electron chi connectivity index (χ0n) is 16.3. The molecule has 1 aliphatic heterocycles. The molecule has 7 heteroatoms. The number of aromatic nitrogens is 1. The molecule has 0 bridgehead atoms. The Bertz CT molecular complexity index is 1080. The van der Waals surface area contributed by atoms with Crippen LogP contribution in [0.25, 0.3) is 11.3 Å². The maximum atomic E-state index is 12.8. The molecule has 1 N–H and O–H groups in total. The van der Waals surface area contributed by atoms with Crippen molar-refractivity contribution in [1.82, 2.24) is 4.98 Å². The highest BCUT2D eigenvalue weighted by Gasteiger charge is 2.20. The van der Waals surface area contributed by atoms with Gasteiger partial charge in [-0.15, -0.1) is 17.9 Å². The fraction of sp³-hybridized carbons (Fsp3) is 0.174. The molecule has 2 heterocycles. The number of fused-ring (bicyclic) bond motifs is 1. The van der Waals surface area contributed by atoms with E-state index >= 15 is 0 Å². The van der Waals surface area contributed by atoms with Crippen molar-refractivity contribution in [2.45, 2.75) is 12.8 Å². The minimum absolute atomic E-state index is 0.0183. The van der Waals surface area contributed by atoms with Gasteiger partial charge >= 0.3 is 0 Å². The van der Waals surface area contributed by atoms with E-state index in [2.05, 4.69) is 16.9 Å². The summed E-state index contributed by atoms with van der Waals surface area (Å²) in [5.74, 6) is 0.417. The number of amides is 2. The minimum Gasteiger partial charge on any atom is -0.484 e. The highest BCUT2D eigenvalue weighted by Crippen LogP contribution is 2.29. The first kappa shape index (κ1) is 19.8. The van der Waals surface area contributed by atoms with Crippen LogP contribution < -0.4 is 15.0 Å². The lowest BCUT2D eigenvalue weighted by atomic mass is 10.0. The maximum absolute atomic E-state index is 12.8. The van der Waals surface area contributed by atoms with Gasteiger partial charge in [-0.05, 0) is 30.2 Å². The first-order valence-electron chi connectivity index (χ1n) is 9.62. The standard InChI is InChI=1S/C23H21N3O3S/c1-2-12-26(23-25-20(15-30-23)16-6-4-3-5-7-16)22(28)14-29-18-9-10-19-17(13-18)8-11-21(27)24-19/h2-7,9-10,13,15H,1,8,11-12,14H2,(H,24,27). The summed E-state index contributed by atoms with van der Waals surface area (Å²) in [5.41, 5.74) is 3.64. The van der Waals surface area contributed by atoms with Crippen LogP contribution in [0.15, 0.2) is 66.6 Å². The van der Waals surface area contributed by atoms with E-state index in [1.54, 1.807) is 23.1 Å². The second kappa shape index (κ2) is 8.92. The van der Waals surface area contributed by atoms with Crippen molar-refractivity contribution in [3.63, 3.8) is 0 Å². The van der Waals surface area contributed by atoms with Crippen LogP contribution in [-0.4, -0.2) is 29.9 Å². The summed E-state index contributed by atoms with van der Waals surface area (Å²) in [6.07, 6.45) is 2.79. The molecule has 0 aliphatic carbocycles. The predicted octanol–water partition coefficient (Wildman–Crippen LogP) is 4.29. The van der Waals surface area contributed by atoms with Crippen molar-refractivity contribution in [2.24, 2.45) is 0 Å². The molecule has 0 saturated carbocycles. The number of hydrogen-bond donors (Lipinski definition) is 1. The summed E-state index contributed by atoms with van der Waals surface area (Å²) < 4.78 is 5.74. The van der Waals surface area contributed by atoms with Crippen LogP contribution in [0.4, 0.5) is 10.8 Å². The Balaban J connectivity index is 1.45. The van der Waals surface area contributed by atoms with Crippen molar-refractivity contribution in [3.8, 4) is 17.0 Å². The van der Waals surface area contributed by atoms with E-state index in [9.17, 15) is 9.59 Å². The second-order valence-corrected chi connectivity index (χ2v) is 7.67. The molecule has 152 valence electrons. The molecular weight excluding hydrogens is 398 g/mol. The largest absolute Gasteiger partial charge is 0.484 e. The molecule has 1 aliphatic rings. The smallest absolute Gasteiger partial charge is 0.266 e. The molecule has 2 amide bonds. The number of aryl methyl sites for hydroxylation is 1. The molecule has 3 aromatic rings. The van der Waals surface area contributed by atoms with Gasteiger partial charge in [-0.25, -0.2) is 4.98 Å². The van der Waals surface area contributed by atoms with Crippen molar-refractivity contribution < 1.29 is 14.3 Å². The van der Waals surface area contributed by atoms with Crippen LogP contribution in [-0.2, 0) is 16.0 Å².